The first kappa shape index (κ1) is 18.4. The molecule has 5 nitrogen and oxygen atoms in total. The van der Waals surface area contributed by atoms with Crippen LogP contribution in [0.1, 0.15) is 38.1 Å². The highest BCUT2D eigenvalue weighted by atomic mass is 32.2. The highest BCUT2D eigenvalue weighted by molar-refractivity contribution is 8.15. The molecule has 1 aromatic rings. The average Bonchev–Trinajstić information content (AvgIpc) is 2.64. The van der Waals surface area contributed by atoms with Crippen LogP contribution in [0.4, 0.5) is 5.69 Å². The van der Waals surface area contributed by atoms with Crippen molar-refractivity contribution in [3.8, 4) is 0 Å². The normalized spacial score (nSPS) is 18.8. The Hall–Kier alpha value is -1.66. The summed E-state index contributed by atoms with van der Waals surface area (Å²) in [5.41, 5.74) is 0.951. The van der Waals surface area contributed by atoms with Gasteiger partial charge in [-0.1, -0.05) is 37.7 Å². The molecule has 0 saturated heterocycles. The van der Waals surface area contributed by atoms with Crippen LogP contribution in [0, 0.1) is 0 Å². The molecule has 6 heteroatoms. The van der Waals surface area contributed by atoms with Gasteiger partial charge in [0.1, 0.15) is 5.37 Å². The molecule has 1 aliphatic rings. The lowest BCUT2D eigenvalue weighted by molar-refractivity contribution is -0.123. The summed E-state index contributed by atoms with van der Waals surface area (Å²) in [4.78, 5) is 37.9. The smallest absolute Gasteiger partial charge is 0.255 e. The van der Waals surface area contributed by atoms with Gasteiger partial charge in [0.25, 0.3) is 5.91 Å². The van der Waals surface area contributed by atoms with E-state index in [0.29, 0.717) is 11.3 Å². The maximum Gasteiger partial charge on any atom is 0.255 e. The lowest BCUT2D eigenvalue weighted by Crippen LogP contribution is -2.49. The summed E-state index contributed by atoms with van der Waals surface area (Å²) < 4.78 is 0. The van der Waals surface area contributed by atoms with Gasteiger partial charge in [-0.15, -0.1) is 0 Å². The van der Waals surface area contributed by atoms with Crippen LogP contribution in [-0.2, 0) is 9.59 Å². The number of fused-ring (bicyclic) bond motifs is 1. The predicted octanol–water partition coefficient (Wildman–Crippen LogP) is 2.46. The second-order valence-electron chi connectivity index (χ2n) is 4.59. The first-order valence-electron chi connectivity index (χ1n) is 7.28. The summed E-state index contributed by atoms with van der Waals surface area (Å²) >= 11 is 0.938. The fourth-order valence-electron chi connectivity index (χ4n) is 2.09. The van der Waals surface area contributed by atoms with Crippen molar-refractivity contribution in [3.05, 3.63) is 29.8 Å². The molecule has 22 heavy (non-hydrogen) atoms. The Morgan fingerprint density at radius 2 is 1.86 bits per heavy atom. The van der Waals surface area contributed by atoms with Crippen molar-refractivity contribution >= 4 is 34.3 Å². The minimum atomic E-state index is -0.684. The summed E-state index contributed by atoms with van der Waals surface area (Å²) in [5.74, 6) is -0.402. The Kier molecular flexibility index (Phi) is 6.77. The number of carbonyl (C=O) groups is 3. The number of para-hydroxylation sites is 1. The minimum absolute atomic E-state index is 0.123. The van der Waals surface area contributed by atoms with E-state index in [9.17, 15) is 14.4 Å². The molecule has 1 heterocycles. The first-order chi connectivity index (χ1) is 10.5. The molecule has 2 rings (SSSR count). The SMILES string of the molecule is CC.CNC1SC(=O)c2ccccc2N(C(C)C(C)=O)C1=O. The second-order valence-corrected chi connectivity index (χ2v) is 5.66. The maximum atomic E-state index is 12.6. The highest BCUT2D eigenvalue weighted by Gasteiger charge is 2.37. The van der Waals surface area contributed by atoms with Gasteiger partial charge in [0.15, 0.2) is 5.78 Å². The maximum absolute atomic E-state index is 12.6. The van der Waals surface area contributed by atoms with Crippen LogP contribution in [0.3, 0.4) is 0 Å². The number of nitrogens with zero attached hydrogens (tertiary/aromatic N) is 1. The molecule has 0 aromatic heterocycles. The Balaban J connectivity index is 0.00000116. The highest BCUT2D eigenvalue weighted by Crippen LogP contribution is 2.33. The summed E-state index contributed by atoms with van der Waals surface area (Å²) in [6, 6.07) is 6.27. The molecule has 0 radical (unpaired) electrons. The van der Waals surface area contributed by atoms with Crippen LogP contribution in [0.15, 0.2) is 24.3 Å². The van der Waals surface area contributed by atoms with Gasteiger partial charge in [-0.3, -0.25) is 19.3 Å². The van der Waals surface area contributed by atoms with Gasteiger partial charge in [0.2, 0.25) is 5.12 Å². The van der Waals surface area contributed by atoms with E-state index >= 15 is 0 Å². The van der Waals surface area contributed by atoms with E-state index in [1.807, 2.05) is 13.8 Å². The zero-order valence-corrected chi connectivity index (χ0v) is 14.4. The number of ketones is 1. The van der Waals surface area contributed by atoms with E-state index in [0.717, 1.165) is 11.8 Å². The average molecular weight is 322 g/mol. The van der Waals surface area contributed by atoms with E-state index in [-0.39, 0.29) is 16.8 Å². The number of likely N-dealkylation sites (N-methyl/N-ethyl adjacent to an activating group) is 1. The third kappa shape index (κ3) is 3.56. The van der Waals surface area contributed by atoms with Crippen molar-refractivity contribution in [2.24, 2.45) is 0 Å². The van der Waals surface area contributed by atoms with Gasteiger partial charge in [0.05, 0.1) is 17.3 Å². The number of rotatable bonds is 3. The van der Waals surface area contributed by atoms with Crippen molar-refractivity contribution < 1.29 is 14.4 Å². The van der Waals surface area contributed by atoms with Crippen molar-refractivity contribution in [2.75, 3.05) is 11.9 Å². The van der Waals surface area contributed by atoms with Gasteiger partial charge in [-0.25, -0.2) is 0 Å². The number of carbonyl (C=O) groups excluding carboxylic acids is 3. The van der Waals surface area contributed by atoms with E-state index in [1.165, 1.54) is 11.8 Å². The number of anilines is 1. The van der Waals surface area contributed by atoms with E-state index < -0.39 is 11.4 Å². The molecule has 1 aromatic carbocycles. The molecule has 0 fully saturated rings. The van der Waals surface area contributed by atoms with Crippen LogP contribution in [0.2, 0.25) is 0 Å². The monoisotopic (exact) mass is 322 g/mol. The Bertz CT molecular complexity index is 574. The molecule has 0 saturated carbocycles. The molecule has 120 valence electrons. The third-order valence-corrected chi connectivity index (χ3v) is 4.41. The fourth-order valence-corrected chi connectivity index (χ4v) is 2.93. The van der Waals surface area contributed by atoms with Gasteiger partial charge < -0.3 is 5.32 Å². The molecule has 1 aliphatic heterocycles. The van der Waals surface area contributed by atoms with Gasteiger partial charge >= 0.3 is 0 Å². The standard InChI is InChI=1S/C14H16N2O3S.C2H6/c1-8(9(2)17)16-11-7-5-4-6-10(11)14(19)20-12(15-3)13(16)18;1-2/h4-8,12,15H,1-3H3;1-2H3. The summed E-state index contributed by atoms with van der Waals surface area (Å²) in [5, 5.41) is 1.96. The van der Waals surface area contributed by atoms with Crippen molar-refractivity contribution in [1.29, 1.82) is 0 Å². The Morgan fingerprint density at radius 3 is 2.41 bits per heavy atom. The molecule has 0 bridgehead atoms. The van der Waals surface area contributed by atoms with Crippen LogP contribution in [-0.4, -0.2) is 35.3 Å². The molecule has 2 atom stereocenters. The molecule has 2 unspecified atom stereocenters. The molecule has 1 N–H and O–H groups in total. The van der Waals surface area contributed by atoms with E-state index in [4.69, 9.17) is 0 Å². The molecule has 0 spiro atoms. The number of thioether (sulfide) groups is 1. The van der Waals surface area contributed by atoms with Gasteiger partial charge in [-0.05, 0) is 33.0 Å². The van der Waals surface area contributed by atoms with Crippen LogP contribution < -0.4 is 10.2 Å². The van der Waals surface area contributed by atoms with Crippen molar-refractivity contribution in [1.82, 2.24) is 5.32 Å². The number of amides is 1. The summed E-state index contributed by atoms with van der Waals surface area (Å²) in [7, 11) is 1.62. The lowest BCUT2D eigenvalue weighted by Gasteiger charge is -2.29. The van der Waals surface area contributed by atoms with Gasteiger partial charge in [-0.2, -0.15) is 0 Å². The number of hydrogen-bond acceptors (Lipinski definition) is 5. The fraction of sp³-hybridized carbons (Fsp3) is 0.438. The zero-order valence-electron chi connectivity index (χ0n) is 13.5. The van der Waals surface area contributed by atoms with Crippen LogP contribution >= 0.6 is 11.8 Å². The van der Waals surface area contributed by atoms with Crippen molar-refractivity contribution in [2.45, 2.75) is 39.1 Å². The number of benzene rings is 1. The molecular weight excluding hydrogens is 300 g/mol. The van der Waals surface area contributed by atoms with E-state index in [1.54, 1.807) is 38.2 Å². The molecule has 1 amide bonds. The topological polar surface area (TPSA) is 66.5 Å². The minimum Gasteiger partial charge on any atom is -0.300 e. The summed E-state index contributed by atoms with van der Waals surface area (Å²) in [6.07, 6.45) is 0. The van der Waals surface area contributed by atoms with Crippen LogP contribution in [0.25, 0.3) is 0 Å². The van der Waals surface area contributed by atoms with Crippen LogP contribution in [0.5, 0.6) is 0 Å². The second kappa shape index (κ2) is 8.10. The largest absolute Gasteiger partial charge is 0.300 e. The van der Waals surface area contributed by atoms with E-state index in [2.05, 4.69) is 5.32 Å². The Labute approximate surface area is 135 Å². The first-order valence-corrected chi connectivity index (χ1v) is 8.16. The molecular formula is C16H22N2O3S. The Morgan fingerprint density at radius 1 is 1.27 bits per heavy atom. The zero-order chi connectivity index (χ0) is 16.9. The predicted molar refractivity (Wildman–Crippen MR) is 90.2 cm³/mol. The third-order valence-electron chi connectivity index (χ3n) is 3.31. The quantitative estimate of drug-likeness (QED) is 0.926. The molecule has 0 aliphatic carbocycles. The lowest BCUT2D eigenvalue weighted by atomic mass is 10.1. The van der Waals surface area contributed by atoms with Crippen molar-refractivity contribution in [3.63, 3.8) is 0 Å². The number of Topliss-reactive ketones (excluding diaryl/α,β-unsaturated/α-hetero) is 1. The number of hydrogen-bond donors (Lipinski definition) is 1. The summed E-state index contributed by atoms with van der Waals surface area (Å²) in [6.45, 7) is 7.11. The number of nitrogens with one attached hydrogen (secondary N) is 1. The van der Waals surface area contributed by atoms with Gasteiger partial charge in [0, 0.05) is 0 Å².